The fraction of sp³-hybridized carbons (Fsp3) is 0.385. The Morgan fingerprint density at radius 2 is 1.64 bits per heavy atom. The lowest BCUT2D eigenvalue weighted by atomic mass is 10.0. The molecule has 1 aliphatic rings. The van der Waals surface area contributed by atoms with E-state index in [9.17, 15) is 0 Å². The first-order valence-electron chi connectivity index (χ1n) is 11.7. The Morgan fingerprint density at radius 3 is 2.36 bits per heavy atom. The molecule has 7 heteroatoms. The van der Waals surface area contributed by atoms with E-state index in [1.54, 1.807) is 12.7 Å². The van der Waals surface area contributed by atoms with Crippen molar-refractivity contribution in [2.75, 3.05) is 39.3 Å². The highest BCUT2D eigenvalue weighted by Gasteiger charge is 2.22. The van der Waals surface area contributed by atoms with Crippen molar-refractivity contribution in [3.05, 3.63) is 78.5 Å². The number of aromatic amines is 1. The smallest absolute Gasteiger partial charge is 0.123 e. The normalized spacial score (nSPS) is 17.4. The van der Waals surface area contributed by atoms with Gasteiger partial charge in [-0.15, -0.1) is 10.2 Å². The second-order valence-electron chi connectivity index (χ2n) is 9.13. The summed E-state index contributed by atoms with van der Waals surface area (Å²) in [6.45, 7) is 7.68. The Bertz CT molecular complexity index is 1150. The number of nitrogens with zero attached hydrogens (tertiary/aromatic N) is 5. The van der Waals surface area contributed by atoms with Crippen molar-refractivity contribution in [3.8, 4) is 5.69 Å². The van der Waals surface area contributed by atoms with Crippen LogP contribution in [0, 0.1) is 0 Å². The molecule has 172 valence electrons. The summed E-state index contributed by atoms with van der Waals surface area (Å²) in [4.78, 5) is 8.06. The minimum absolute atomic E-state index is 0.414. The third-order valence-corrected chi connectivity index (χ3v) is 6.73. The highest BCUT2D eigenvalue weighted by Crippen LogP contribution is 2.24. The van der Waals surface area contributed by atoms with Gasteiger partial charge in [-0.1, -0.05) is 37.3 Å². The van der Waals surface area contributed by atoms with Gasteiger partial charge in [-0.05, 0) is 35.2 Å². The van der Waals surface area contributed by atoms with Crippen LogP contribution in [0.4, 0.5) is 4.39 Å². The maximum absolute atomic E-state index is 15.1. The molecule has 1 aliphatic heterocycles. The van der Waals surface area contributed by atoms with E-state index in [1.807, 2.05) is 22.9 Å². The van der Waals surface area contributed by atoms with Gasteiger partial charge in [-0.2, -0.15) is 0 Å². The maximum atomic E-state index is 15.1. The van der Waals surface area contributed by atoms with Crippen LogP contribution in [-0.2, 0) is 6.42 Å². The third kappa shape index (κ3) is 5.15. The molecule has 1 fully saturated rings. The highest BCUT2D eigenvalue weighted by molar-refractivity contribution is 5.85. The molecule has 1 saturated heterocycles. The van der Waals surface area contributed by atoms with Gasteiger partial charge in [0.1, 0.15) is 18.8 Å². The third-order valence-electron chi connectivity index (χ3n) is 6.73. The van der Waals surface area contributed by atoms with Crippen LogP contribution < -0.4 is 0 Å². The van der Waals surface area contributed by atoms with Crippen LogP contribution in [-0.4, -0.2) is 75.0 Å². The number of rotatable bonds is 8. The number of hydrogen-bond donors (Lipinski definition) is 1. The van der Waals surface area contributed by atoms with Crippen LogP contribution >= 0.6 is 0 Å². The Kier molecular flexibility index (Phi) is 6.51. The summed E-state index contributed by atoms with van der Waals surface area (Å²) in [7, 11) is 0. The van der Waals surface area contributed by atoms with Gasteiger partial charge in [0.2, 0.25) is 0 Å². The number of aromatic nitrogens is 4. The second-order valence-corrected chi connectivity index (χ2v) is 9.13. The summed E-state index contributed by atoms with van der Waals surface area (Å²) in [6.07, 6.45) is 4.81. The highest BCUT2D eigenvalue weighted by atomic mass is 19.1. The molecule has 0 aliphatic carbocycles. The van der Waals surface area contributed by atoms with Crippen LogP contribution in [0.5, 0.6) is 0 Å². The number of fused-ring (bicyclic) bond motifs is 1. The first-order valence-corrected chi connectivity index (χ1v) is 11.7. The Morgan fingerprint density at radius 1 is 0.939 bits per heavy atom. The van der Waals surface area contributed by atoms with E-state index in [-0.39, 0.29) is 0 Å². The van der Waals surface area contributed by atoms with E-state index in [2.05, 4.69) is 68.3 Å². The van der Waals surface area contributed by atoms with Gasteiger partial charge < -0.3 is 9.88 Å². The molecular formula is C26H31FN6. The lowest BCUT2D eigenvalue weighted by molar-refractivity contribution is 0.104. The van der Waals surface area contributed by atoms with Gasteiger partial charge in [0.15, 0.2) is 0 Å². The van der Waals surface area contributed by atoms with Gasteiger partial charge in [-0.3, -0.25) is 9.47 Å². The monoisotopic (exact) mass is 446 g/mol. The molecule has 3 heterocycles. The predicted octanol–water partition coefficient (Wildman–Crippen LogP) is 4.05. The molecule has 0 radical (unpaired) electrons. The van der Waals surface area contributed by atoms with Crippen molar-refractivity contribution in [2.45, 2.75) is 25.4 Å². The lowest BCUT2D eigenvalue weighted by Crippen LogP contribution is -2.49. The van der Waals surface area contributed by atoms with E-state index in [1.165, 1.54) is 5.56 Å². The molecule has 2 aromatic heterocycles. The largest absolute Gasteiger partial charge is 0.361 e. The SMILES string of the molecule is CC(CN1CCN(CC(F)Cc2c[nH]c3ccc(-n4cnnc4)cc23)CC1)c1ccccc1. The zero-order valence-electron chi connectivity index (χ0n) is 19.1. The van der Waals surface area contributed by atoms with Crippen LogP contribution in [0.15, 0.2) is 67.4 Å². The number of benzene rings is 2. The number of nitrogens with one attached hydrogen (secondary N) is 1. The van der Waals surface area contributed by atoms with Crippen molar-refractivity contribution in [1.29, 1.82) is 0 Å². The van der Waals surface area contributed by atoms with E-state index < -0.39 is 6.17 Å². The molecule has 0 saturated carbocycles. The molecule has 0 spiro atoms. The predicted molar refractivity (Wildman–Crippen MR) is 130 cm³/mol. The summed E-state index contributed by atoms with van der Waals surface area (Å²) in [5, 5.41) is 8.81. The fourth-order valence-electron chi connectivity index (χ4n) is 4.84. The van der Waals surface area contributed by atoms with Gasteiger partial charge in [0.25, 0.3) is 0 Å². The molecule has 4 aromatic rings. The molecular weight excluding hydrogens is 415 g/mol. The Hall–Kier alpha value is -3.03. The van der Waals surface area contributed by atoms with Crippen molar-refractivity contribution in [2.24, 2.45) is 0 Å². The summed E-state index contributed by atoms with van der Waals surface area (Å²) in [6, 6.07) is 16.8. The minimum atomic E-state index is -0.891. The fourth-order valence-corrected chi connectivity index (χ4v) is 4.84. The summed E-state index contributed by atoms with van der Waals surface area (Å²) >= 11 is 0. The molecule has 5 rings (SSSR count). The molecule has 0 bridgehead atoms. The zero-order chi connectivity index (χ0) is 22.6. The summed E-state index contributed by atoms with van der Waals surface area (Å²) < 4.78 is 16.9. The Balaban J connectivity index is 1.14. The van der Waals surface area contributed by atoms with Crippen LogP contribution in [0.1, 0.15) is 24.0 Å². The number of alkyl halides is 1. The van der Waals surface area contributed by atoms with E-state index in [4.69, 9.17) is 0 Å². The van der Waals surface area contributed by atoms with Crippen molar-refractivity contribution < 1.29 is 4.39 Å². The summed E-state index contributed by atoms with van der Waals surface area (Å²) in [5.41, 5.74) is 4.40. The Labute approximate surface area is 194 Å². The van der Waals surface area contributed by atoms with Crippen LogP contribution in [0.3, 0.4) is 0 Å². The molecule has 2 atom stereocenters. The van der Waals surface area contributed by atoms with E-state index >= 15 is 4.39 Å². The standard InChI is InChI=1S/C26H31FN6/c1-20(21-5-3-2-4-6-21)16-31-9-11-32(12-10-31)17-23(27)13-22-15-28-26-8-7-24(14-25(22)26)33-18-29-30-19-33/h2-8,14-15,18-20,23,28H,9-13,16-17H2,1H3. The molecule has 33 heavy (non-hydrogen) atoms. The van der Waals surface area contributed by atoms with Crippen molar-refractivity contribution >= 4 is 10.9 Å². The van der Waals surface area contributed by atoms with E-state index in [0.717, 1.165) is 54.9 Å². The number of piperazine rings is 1. The maximum Gasteiger partial charge on any atom is 0.123 e. The van der Waals surface area contributed by atoms with Gasteiger partial charge in [0.05, 0.1) is 0 Å². The topological polar surface area (TPSA) is 53.0 Å². The number of halogens is 1. The second kappa shape index (κ2) is 9.85. The van der Waals surface area contributed by atoms with Crippen molar-refractivity contribution in [3.63, 3.8) is 0 Å². The van der Waals surface area contributed by atoms with Crippen molar-refractivity contribution in [1.82, 2.24) is 29.5 Å². The molecule has 1 N–H and O–H groups in total. The molecule has 6 nitrogen and oxygen atoms in total. The average Bonchev–Trinajstić information content (AvgIpc) is 3.51. The summed E-state index contributed by atoms with van der Waals surface area (Å²) in [5.74, 6) is 0.511. The van der Waals surface area contributed by atoms with Gasteiger partial charge >= 0.3 is 0 Å². The molecule has 0 amide bonds. The first kappa shape index (κ1) is 21.8. The van der Waals surface area contributed by atoms with E-state index in [0.29, 0.717) is 18.9 Å². The van der Waals surface area contributed by atoms with Gasteiger partial charge in [-0.25, -0.2) is 4.39 Å². The van der Waals surface area contributed by atoms with Crippen LogP contribution in [0.2, 0.25) is 0 Å². The number of hydrogen-bond acceptors (Lipinski definition) is 4. The first-order chi connectivity index (χ1) is 16.2. The molecule has 2 aromatic carbocycles. The quantitative estimate of drug-likeness (QED) is 0.444. The molecule has 2 unspecified atom stereocenters. The van der Waals surface area contributed by atoms with Crippen LogP contribution in [0.25, 0.3) is 16.6 Å². The number of H-pyrrole nitrogens is 1. The lowest BCUT2D eigenvalue weighted by Gasteiger charge is -2.36. The zero-order valence-corrected chi connectivity index (χ0v) is 19.1. The van der Waals surface area contributed by atoms with Gasteiger partial charge in [0, 0.05) is 68.5 Å². The average molecular weight is 447 g/mol. The minimum Gasteiger partial charge on any atom is -0.361 e.